The van der Waals surface area contributed by atoms with E-state index in [9.17, 15) is 48.4 Å². The highest BCUT2D eigenvalue weighted by Crippen LogP contribution is 2.84. The molecule has 18 heteroatoms. The number of likely N-dealkylation sites (N-methyl/N-ethyl adjacent to an activating group) is 1. The van der Waals surface area contributed by atoms with E-state index >= 15 is 0 Å². The molecule has 8 amide bonds. The fourth-order valence-corrected chi connectivity index (χ4v) is 8.73. The summed E-state index contributed by atoms with van der Waals surface area (Å²) in [7, 11) is -0.527. The molecule has 4 unspecified atom stereocenters. The van der Waals surface area contributed by atoms with Crippen LogP contribution in [0.3, 0.4) is 0 Å². The molecule has 2 aromatic carbocycles. The molecule has 1 aliphatic carbocycles. The van der Waals surface area contributed by atoms with E-state index in [4.69, 9.17) is 10.0 Å². The number of carbonyl (C=O) groups is 8. The summed E-state index contributed by atoms with van der Waals surface area (Å²) >= 11 is 0. The summed E-state index contributed by atoms with van der Waals surface area (Å²) in [5.74, 6) is -3.18. The van der Waals surface area contributed by atoms with Crippen LogP contribution < -0.4 is 20.7 Å². The normalized spacial score (nSPS) is 28.1. The average molecular weight is 768 g/mol. The lowest BCUT2D eigenvalue weighted by Gasteiger charge is -2.67. The number of rotatable bonds is 4. The Labute approximate surface area is 323 Å². The van der Waals surface area contributed by atoms with Gasteiger partial charge in [-0.2, -0.15) is 0 Å². The van der Waals surface area contributed by atoms with Crippen molar-refractivity contribution in [2.75, 3.05) is 23.9 Å². The summed E-state index contributed by atoms with van der Waals surface area (Å²) in [6.07, 6.45) is 0. The number of anilines is 2. The maximum Gasteiger partial charge on any atom is 0.488 e. The van der Waals surface area contributed by atoms with Gasteiger partial charge in [-0.15, -0.1) is 0 Å². The lowest BCUT2D eigenvalue weighted by molar-refractivity contribution is -0.243. The summed E-state index contributed by atoms with van der Waals surface area (Å²) in [5.41, 5.74) is -2.69. The highest BCUT2D eigenvalue weighted by atomic mass is 16.4. The minimum atomic E-state index is -1.76. The molecule has 2 saturated heterocycles. The molecule has 4 atom stereocenters. The Bertz CT molecular complexity index is 2150. The number of amides is 8. The molecule has 292 valence electrons. The van der Waals surface area contributed by atoms with Crippen LogP contribution in [0.5, 0.6) is 0 Å². The van der Waals surface area contributed by atoms with E-state index in [-0.39, 0.29) is 40.2 Å². The SMILES string of the molecule is CC1=C(C)C(=O)N(C)C1=O.CC1=C(C)C(=O)N(c2cccc(B(O)O)c2)C1=O.CN1C(=O)C2(C)C(C)(C1=O)C1(C)C(=O)N(c3cccc(B(O)O)c3)C(=O)C21C. The Balaban J connectivity index is 0.000000182. The molecule has 4 N–H and O–H groups in total. The van der Waals surface area contributed by atoms with Crippen LogP contribution in [0.4, 0.5) is 11.4 Å². The van der Waals surface area contributed by atoms with Crippen molar-refractivity contribution in [3.8, 4) is 0 Å². The smallest absolute Gasteiger partial charge is 0.423 e. The Kier molecular flexibility index (Phi) is 10.1. The summed E-state index contributed by atoms with van der Waals surface area (Å²) in [6.45, 7) is 12.8. The van der Waals surface area contributed by atoms with Crippen molar-refractivity contribution < 1.29 is 58.5 Å². The molecular weight excluding hydrogens is 726 g/mol. The van der Waals surface area contributed by atoms with Crippen LogP contribution in [0.15, 0.2) is 70.8 Å². The molecule has 3 fully saturated rings. The van der Waals surface area contributed by atoms with Gasteiger partial charge in [-0.25, -0.2) is 9.80 Å². The Morgan fingerprint density at radius 2 is 0.750 bits per heavy atom. The van der Waals surface area contributed by atoms with Gasteiger partial charge in [-0.05, 0) is 90.6 Å². The van der Waals surface area contributed by atoms with Crippen LogP contribution in [0, 0.1) is 21.7 Å². The van der Waals surface area contributed by atoms with Gasteiger partial charge in [0, 0.05) is 36.4 Å². The fourth-order valence-electron chi connectivity index (χ4n) is 8.73. The van der Waals surface area contributed by atoms with Gasteiger partial charge >= 0.3 is 14.2 Å². The number of benzene rings is 2. The number of hydrogen-bond acceptors (Lipinski definition) is 12. The maximum absolute atomic E-state index is 13.5. The van der Waals surface area contributed by atoms with Gasteiger partial charge < -0.3 is 20.1 Å². The van der Waals surface area contributed by atoms with Crippen molar-refractivity contribution in [3.63, 3.8) is 0 Å². The van der Waals surface area contributed by atoms with Crippen molar-refractivity contribution in [2.24, 2.45) is 21.7 Å². The largest absolute Gasteiger partial charge is 0.488 e. The molecule has 2 aromatic rings. The molecule has 0 bridgehead atoms. The van der Waals surface area contributed by atoms with Gasteiger partial charge in [-0.1, -0.05) is 24.3 Å². The number of imide groups is 4. The summed E-state index contributed by atoms with van der Waals surface area (Å²) in [5, 5.41) is 37.0. The zero-order chi connectivity index (χ0) is 42.4. The van der Waals surface area contributed by atoms with Crippen LogP contribution in [-0.4, -0.2) is 105 Å². The van der Waals surface area contributed by atoms with Crippen LogP contribution in [-0.2, 0) is 38.4 Å². The molecule has 56 heavy (non-hydrogen) atoms. The second kappa shape index (κ2) is 13.6. The Morgan fingerprint density at radius 3 is 1.05 bits per heavy atom. The van der Waals surface area contributed by atoms with Crippen molar-refractivity contribution in [3.05, 3.63) is 70.8 Å². The van der Waals surface area contributed by atoms with E-state index in [1.165, 1.54) is 50.5 Å². The van der Waals surface area contributed by atoms with Crippen LogP contribution >= 0.6 is 0 Å². The predicted octanol–water partition coefficient (Wildman–Crippen LogP) is -0.826. The number of likely N-dealkylation sites (tertiary alicyclic amines) is 1. The molecule has 0 radical (unpaired) electrons. The minimum Gasteiger partial charge on any atom is -0.423 e. The van der Waals surface area contributed by atoms with Gasteiger partial charge in [-0.3, -0.25) is 48.2 Å². The molecule has 5 aliphatic rings. The molecule has 4 aliphatic heterocycles. The first-order chi connectivity index (χ1) is 25.8. The van der Waals surface area contributed by atoms with Gasteiger partial charge in [0.1, 0.15) is 0 Å². The lowest BCUT2D eigenvalue weighted by Crippen LogP contribution is -2.77. The zero-order valence-corrected chi connectivity index (χ0v) is 32.6. The third-order valence-corrected chi connectivity index (χ3v) is 13.0. The summed E-state index contributed by atoms with van der Waals surface area (Å²) < 4.78 is 0. The first kappa shape index (κ1) is 41.6. The lowest BCUT2D eigenvalue weighted by atomic mass is 9.27. The van der Waals surface area contributed by atoms with E-state index in [1.54, 1.807) is 67.5 Å². The fraction of sp³-hybridized carbons (Fsp3) is 0.368. The first-order valence-corrected chi connectivity index (χ1v) is 17.5. The summed E-state index contributed by atoms with van der Waals surface area (Å²) in [6, 6.07) is 11.9. The van der Waals surface area contributed by atoms with Crippen LogP contribution in [0.2, 0.25) is 0 Å². The standard InChI is InChI=1S/C19H21BN2O6.C12H12BNO4.C7H9NO2/c1-16-12(23)21(5)13(24)17(16,2)19(4)15(26)22(14(25)18(16,19)3)11-8-6-7-10(9-11)20(27)28;1-7-8(2)12(16)14(11(7)15)10-5-3-4-9(6-10)13(17)18;1-4-5(2)7(10)8(3)6(4)9/h6-9,27-28H,1-5H3;3-6,17-18H,1-2H3;1-3H3. The topological polar surface area (TPSA) is 230 Å². The molecular formula is C38H42B2N4O12. The number of carbonyl (C=O) groups excluding carboxylic acids is 8. The third-order valence-electron chi connectivity index (χ3n) is 13.0. The monoisotopic (exact) mass is 768 g/mol. The van der Waals surface area contributed by atoms with Gasteiger partial charge in [0.2, 0.25) is 23.6 Å². The van der Waals surface area contributed by atoms with Crippen molar-refractivity contribution >= 4 is 83.8 Å². The van der Waals surface area contributed by atoms with Gasteiger partial charge in [0.25, 0.3) is 23.6 Å². The second-order valence-corrected chi connectivity index (χ2v) is 15.2. The molecule has 0 aromatic heterocycles. The second-order valence-electron chi connectivity index (χ2n) is 15.2. The highest BCUT2D eigenvalue weighted by Gasteiger charge is 2.96. The number of hydrogen-bond donors (Lipinski definition) is 4. The van der Waals surface area contributed by atoms with Crippen LogP contribution in [0.1, 0.15) is 55.4 Å². The molecule has 4 heterocycles. The zero-order valence-electron chi connectivity index (χ0n) is 32.6. The molecule has 0 spiro atoms. The maximum atomic E-state index is 13.5. The molecule has 1 saturated carbocycles. The van der Waals surface area contributed by atoms with E-state index in [1.807, 2.05) is 0 Å². The van der Waals surface area contributed by atoms with Crippen molar-refractivity contribution in [1.29, 1.82) is 0 Å². The van der Waals surface area contributed by atoms with Crippen molar-refractivity contribution in [2.45, 2.75) is 55.4 Å². The van der Waals surface area contributed by atoms with E-state index in [0.717, 1.165) is 19.6 Å². The van der Waals surface area contributed by atoms with E-state index in [0.29, 0.717) is 28.0 Å². The Hall–Kier alpha value is -5.55. The number of nitrogens with zero attached hydrogens (tertiary/aromatic N) is 4. The van der Waals surface area contributed by atoms with Gasteiger partial charge in [0.15, 0.2) is 0 Å². The van der Waals surface area contributed by atoms with Gasteiger partial charge in [0.05, 0.1) is 33.0 Å². The van der Waals surface area contributed by atoms with Crippen LogP contribution in [0.25, 0.3) is 0 Å². The highest BCUT2D eigenvalue weighted by molar-refractivity contribution is 6.59. The molecule has 16 nitrogen and oxygen atoms in total. The van der Waals surface area contributed by atoms with E-state index in [2.05, 4.69) is 0 Å². The number of fused-ring (bicyclic) bond motifs is 4. The summed E-state index contributed by atoms with van der Waals surface area (Å²) in [4.78, 5) is 103. The minimum absolute atomic E-state index is 0.122. The predicted molar refractivity (Wildman–Crippen MR) is 202 cm³/mol. The Morgan fingerprint density at radius 1 is 0.446 bits per heavy atom. The average Bonchev–Trinajstić information content (AvgIpc) is 3.59. The van der Waals surface area contributed by atoms with Crippen molar-refractivity contribution in [1.82, 2.24) is 9.80 Å². The quantitative estimate of drug-likeness (QED) is 0.221. The third kappa shape index (κ3) is 5.09. The first-order valence-electron chi connectivity index (χ1n) is 17.5. The van der Waals surface area contributed by atoms with E-state index < -0.39 is 59.5 Å². The molecule has 7 rings (SSSR count).